The quantitative estimate of drug-likeness (QED) is 0.754. The first kappa shape index (κ1) is 12.8. The van der Waals surface area contributed by atoms with E-state index < -0.39 is 5.97 Å². The van der Waals surface area contributed by atoms with E-state index in [4.69, 9.17) is 5.11 Å². The van der Waals surface area contributed by atoms with Gasteiger partial charge in [0.25, 0.3) is 0 Å². The fourth-order valence-corrected chi connectivity index (χ4v) is 2.51. The number of pyridine rings is 1. The number of rotatable bonds is 2. The van der Waals surface area contributed by atoms with Crippen molar-refractivity contribution in [2.24, 2.45) is 0 Å². The highest BCUT2D eigenvalue weighted by molar-refractivity contribution is 9.10. The molecular formula is C14H10BrN3O2. The maximum absolute atomic E-state index is 10.9. The first-order chi connectivity index (χ1) is 9.54. The van der Waals surface area contributed by atoms with Crippen LogP contribution in [0.3, 0.4) is 0 Å². The molecule has 2 heterocycles. The van der Waals surface area contributed by atoms with Crippen LogP contribution in [0.25, 0.3) is 22.6 Å². The molecule has 20 heavy (non-hydrogen) atoms. The van der Waals surface area contributed by atoms with Crippen molar-refractivity contribution in [3.8, 4) is 11.4 Å². The van der Waals surface area contributed by atoms with E-state index in [2.05, 4.69) is 30.9 Å². The summed E-state index contributed by atoms with van der Waals surface area (Å²) < 4.78 is 1.00. The minimum Gasteiger partial charge on any atom is -0.478 e. The summed E-state index contributed by atoms with van der Waals surface area (Å²) in [6.07, 6.45) is 1.31. The van der Waals surface area contributed by atoms with Gasteiger partial charge in [-0.25, -0.2) is 14.8 Å². The normalized spacial score (nSPS) is 10.9. The first-order valence-corrected chi connectivity index (χ1v) is 6.69. The molecule has 0 aliphatic carbocycles. The van der Waals surface area contributed by atoms with E-state index in [-0.39, 0.29) is 5.56 Å². The fourth-order valence-electron chi connectivity index (χ4n) is 2.04. The number of nitrogens with one attached hydrogen (secondary N) is 1. The summed E-state index contributed by atoms with van der Waals surface area (Å²) in [4.78, 5) is 22.5. The summed E-state index contributed by atoms with van der Waals surface area (Å²) in [5.74, 6) is -0.324. The van der Waals surface area contributed by atoms with Gasteiger partial charge in [0.05, 0.1) is 11.1 Å². The zero-order valence-electron chi connectivity index (χ0n) is 10.5. The number of fused-ring (bicyclic) bond motifs is 1. The van der Waals surface area contributed by atoms with Crippen molar-refractivity contribution in [3.05, 3.63) is 46.1 Å². The fraction of sp³-hybridized carbons (Fsp3) is 0.0714. The molecule has 0 radical (unpaired) electrons. The number of carboxylic acids is 1. The number of halogens is 1. The van der Waals surface area contributed by atoms with Crippen LogP contribution in [0.1, 0.15) is 15.9 Å². The number of H-pyrrole nitrogens is 1. The maximum Gasteiger partial charge on any atom is 0.337 e. The van der Waals surface area contributed by atoms with Crippen molar-refractivity contribution < 1.29 is 9.90 Å². The Hall–Kier alpha value is -2.21. The molecule has 5 nitrogen and oxygen atoms in total. The predicted molar refractivity (Wildman–Crippen MR) is 78.7 cm³/mol. The molecule has 0 fully saturated rings. The minimum atomic E-state index is -1.00. The lowest BCUT2D eigenvalue weighted by atomic mass is 10.1. The number of benzene rings is 1. The number of nitrogens with zero attached hydrogens (tertiary/aromatic N) is 2. The number of hydrogen-bond donors (Lipinski definition) is 2. The van der Waals surface area contributed by atoms with E-state index >= 15 is 0 Å². The summed E-state index contributed by atoms with van der Waals surface area (Å²) in [5, 5.41) is 8.96. The summed E-state index contributed by atoms with van der Waals surface area (Å²) in [6, 6.07) is 7.43. The monoisotopic (exact) mass is 331 g/mol. The number of hydrogen-bond acceptors (Lipinski definition) is 3. The van der Waals surface area contributed by atoms with Crippen molar-refractivity contribution in [1.29, 1.82) is 0 Å². The van der Waals surface area contributed by atoms with Gasteiger partial charge in [-0.05, 0) is 36.8 Å². The van der Waals surface area contributed by atoms with Crippen LogP contribution in [0, 0.1) is 6.92 Å². The lowest BCUT2D eigenvalue weighted by Crippen LogP contribution is -1.96. The number of aromatic amines is 1. The summed E-state index contributed by atoms with van der Waals surface area (Å²) in [7, 11) is 0. The zero-order valence-corrected chi connectivity index (χ0v) is 12.1. The zero-order chi connectivity index (χ0) is 14.3. The predicted octanol–water partition coefficient (Wildman–Crippen LogP) is 3.39. The summed E-state index contributed by atoms with van der Waals surface area (Å²) >= 11 is 3.42. The Morgan fingerprint density at radius 2 is 2.15 bits per heavy atom. The molecule has 3 aromatic rings. The second-order valence-corrected chi connectivity index (χ2v) is 5.36. The number of imidazole rings is 1. The van der Waals surface area contributed by atoms with Gasteiger partial charge < -0.3 is 10.1 Å². The highest BCUT2D eigenvalue weighted by Gasteiger charge is 2.11. The van der Waals surface area contributed by atoms with Crippen molar-refractivity contribution in [2.75, 3.05) is 0 Å². The van der Waals surface area contributed by atoms with Gasteiger partial charge >= 0.3 is 5.97 Å². The maximum atomic E-state index is 10.9. The topological polar surface area (TPSA) is 78.9 Å². The molecule has 0 unspecified atom stereocenters. The van der Waals surface area contributed by atoms with Crippen LogP contribution in [0.4, 0.5) is 0 Å². The molecule has 2 N–H and O–H groups in total. The van der Waals surface area contributed by atoms with E-state index in [0.717, 1.165) is 15.6 Å². The third-order valence-corrected chi connectivity index (χ3v) is 3.52. The molecule has 0 atom stereocenters. The lowest BCUT2D eigenvalue weighted by Gasteiger charge is -2.02. The van der Waals surface area contributed by atoms with Gasteiger partial charge in [-0.3, -0.25) is 0 Å². The van der Waals surface area contributed by atoms with Crippen LogP contribution in [-0.4, -0.2) is 26.0 Å². The Kier molecular flexibility index (Phi) is 3.02. The van der Waals surface area contributed by atoms with Crippen LogP contribution in [0.2, 0.25) is 0 Å². The van der Waals surface area contributed by atoms with E-state index in [9.17, 15) is 4.79 Å². The second kappa shape index (κ2) is 4.72. The van der Waals surface area contributed by atoms with Gasteiger partial charge in [0.15, 0.2) is 5.65 Å². The molecule has 2 aromatic heterocycles. The number of carboxylic acid groups (broad SMARTS) is 1. The van der Waals surface area contributed by atoms with Gasteiger partial charge in [-0.1, -0.05) is 15.9 Å². The van der Waals surface area contributed by atoms with Gasteiger partial charge in [-0.2, -0.15) is 0 Å². The molecule has 0 spiro atoms. The number of carbonyl (C=O) groups is 1. The SMILES string of the molecule is Cc1cc(Br)ccc1-c1nc2ncc(C(=O)O)cc2[nH]1. The minimum absolute atomic E-state index is 0.139. The molecule has 0 bridgehead atoms. The Bertz CT molecular complexity index is 826. The van der Waals surface area contributed by atoms with Crippen LogP contribution < -0.4 is 0 Å². The molecule has 0 amide bonds. The smallest absolute Gasteiger partial charge is 0.337 e. The summed E-state index contributed by atoms with van der Waals surface area (Å²) in [6.45, 7) is 1.99. The average molecular weight is 332 g/mol. The van der Waals surface area contributed by atoms with Crippen molar-refractivity contribution in [2.45, 2.75) is 6.92 Å². The highest BCUT2D eigenvalue weighted by Crippen LogP contribution is 2.25. The Balaban J connectivity index is 2.15. The molecule has 1 aromatic carbocycles. The molecule has 0 aliphatic heterocycles. The summed E-state index contributed by atoms with van der Waals surface area (Å²) in [5.41, 5.74) is 3.29. The van der Waals surface area contributed by atoms with Crippen LogP contribution in [-0.2, 0) is 0 Å². The molecule has 6 heteroatoms. The molecule has 0 saturated carbocycles. The third kappa shape index (κ3) is 2.18. The van der Waals surface area contributed by atoms with Crippen molar-refractivity contribution in [3.63, 3.8) is 0 Å². The van der Waals surface area contributed by atoms with Gasteiger partial charge in [0, 0.05) is 16.2 Å². The molecule has 0 aliphatic rings. The van der Waals surface area contributed by atoms with E-state index in [1.165, 1.54) is 12.3 Å². The van der Waals surface area contributed by atoms with E-state index in [0.29, 0.717) is 17.0 Å². The molecular weight excluding hydrogens is 322 g/mol. The van der Waals surface area contributed by atoms with Crippen molar-refractivity contribution >= 4 is 33.1 Å². The Morgan fingerprint density at radius 3 is 2.85 bits per heavy atom. The van der Waals surface area contributed by atoms with E-state index in [1.54, 1.807) is 0 Å². The number of aromatic nitrogens is 3. The van der Waals surface area contributed by atoms with Gasteiger partial charge in [0.2, 0.25) is 0 Å². The van der Waals surface area contributed by atoms with Crippen LogP contribution in [0.5, 0.6) is 0 Å². The van der Waals surface area contributed by atoms with Crippen LogP contribution in [0.15, 0.2) is 34.9 Å². The number of aryl methyl sites for hydroxylation is 1. The van der Waals surface area contributed by atoms with Crippen molar-refractivity contribution in [1.82, 2.24) is 15.0 Å². The Morgan fingerprint density at radius 1 is 1.35 bits per heavy atom. The largest absolute Gasteiger partial charge is 0.478 e. The average Bonchev–Trinajstić information content (AvgIpc) is 2.80. The first-order valence-electron chi connectivity index (χ1n) is 5.90. The number of aromatic carboxylic acids is 1. The molecule has 100 valence electrons. The van der Waals surface area contributed by atoms with Gasteiger partial charge in [0.1, 0.15) is 5.82 Å². The highest BCUT2D eigenvalue weighted by atomic mass is 79.9. The molecule has 3 rings (SSSR count). The Labute approximate surface area is 122 Å². The van der Waals surface area contributed by atoms with Crippen LogP contribution >= 0.6 is 15.9 Å². The second-order valence-electron chi connectivity index (χ2n) is 4.44. The van der Waals surface area contributed by atoms with E-state index in [1.807, 2.05) is 25.1 Å². The standard InChI is InChI=1S/C14H10BrN3O2/c1-7-4-9(15)2-3-10(7)12-17-11-5-8(14(19)20)6-16-13(11)18-12/h2-6H,1H3,(H,19,20)(H,16,17,18). The lowest BCUT2D eigenvalue weighted by molar-refractivity contribution is 0.0696. The molecule has 0 saturated heterocycles. The third-order valence-electron chi connectivity index (χ3n) is 3.03. The van der Waals surface area contributed by atoms with Gasteiger partial charge in [-0.15, -0.1) is 0 Å².